The monoisotopic (exact) mass is 341 g/mol. The summed E-state index contributed by atoms with van der Waals surface area (Å²) in [5, 5.41) is 17.9. The highest BCUT2D eigenvalue weighted by molar-refractivity contribution is 8.26. The summed E-state index contributed by atoms with van der Waals surface area (Å²) in [6, 6.07) is 1.85. The molecule has 1 fully saturated rings. The molecule has 116 valence electrons. The number of aryl methyl sites for hydroxylation is 1. The lowest BCUT2D eigenvalue weighted by atomic mass is 10.2. The van der Waals surface area contributed by atoms with Crippen molar-refractivity contribution in [3.05, 3.63) is 28.6 Å². The van der Waals surface area contributed by atoms with Gasteiger partial charge >= 0.3 is 11.9 Å². The van der Waals surface area contributed by atoms with Crippen LogP contribution >= 0.6 is 24.0 Å². The van der Waals surface area contributed by atoms with E-state index >= 15 is 0 Å². The summed E-state index contributed by atoms with van der Waals surface area (Å²) >= 11 is 5.92. The molecule has 1 aromatic heterocycles. The molecule has 1 aliphatic heterocycles. The highest BCUT2D eigenvalue weighted by Gasteiger charge is 2.41. The molecule has 0 radical (unpaired) electrons. The molecule has 9 heteroatoms. The van der Waals surface area contributed by atoms with Gasteiger partial charge in [0.25, 0.3) is 5.91 Å². The first-order chi connectivity index (χ1) is 10.3. The fraction of sp³-hybridized carbons (Fsp3) is 0.231. The highest BCUT2D eigenvalue weighted by Crippen LogP contribution is 2.34. The molecule has 1 aromatic rings. The Hall–Kier alpha value is -2.13. The number of aliphatic carboxylic acids is 2. The maximum Gasteiger partial charge on any atom is 0.327 e. The smallest absolute Gasteiger partial charge is 0.327 e. The van der Waals surface area contributed by atoms with Gasteiger partial charge in [-0.05, 0) is 19.1 Å². The third kappa shape index (κ3) is 3.37. The Balaban J connectivity index is 2.29. The van der Waals surface area contributed by atoms with Crippen LogP contribution in [0.2, 0.25) is 0 Å². The number of thioether (sulfide) groups is 1. The average molecular weight is 341 g/mol. The van der Waals surface area contributed by atoms with Crippen LogP contribution in [-0.4, -0.2) is 43.3 Å². The summed E-state index contributed by atoms with van der Waals surface area (Å²) < 4.78 is 5.33. The van der Waals surface area contributed by atoms with E-state index in [1.54, 1.807) is 19.1 Å². The number of amides is 1. The van der Waals surface area contributed by atoms with Crippen molar-refractivity contribution in [2.75, 3.05) is 0 Å². The Kier molecular flexibility index (Phi) is 4.67. The normalized spacial score (nSPS) is 18.0. The Morgan fingerprint density at radius 3 is 2.64 bits per heavy atom. The second-order valence-corrected chi connectivity index (χ2v) is 6.13. The Morgan fingerprint density at radius 1 is 1.45 bits per heavy atom. The zero-order chi connectivity index (χ0) is 16.4. The number of carbonyl (C=O) groups excluding carboxylic acids is 1. The molecule has 1 aliphatic rings. The van der Waals surface area contributed by atoms with Crippen LogP contribution < -0.4 is 0 Å². The minimum absolute atomic E-state index is 0.00757. The third-order valence-corrected chi connectivity index (χ3v) is 4.15. The van der Waals surface area contributed by atoms with E-state index in [0.717, 1.165) is 16.7 Å². The van der Waals surface area contributed by atoms with E-state index in [1.165, 1.54) is 6.08 Å². The van der Waals surface area contributed by atoms with Gasteiger partial charge in [0.2, 0.25) is 0 Å². The molecule has 0 aliphatic carbocycles. The van der Waals surface area contributed by atoms with Crippen molar-refractivity contribution in [2.45, 2.75) is 19.4 Å². The maximum absolute atomic E-state index is 12.3. The topological polar surface area (TPSA) is 108 Å². The quantitative estimate of drug-likeness (QED) is 0.615. The number of carboxylic acids is 2. The standard InChI is InChI=1S/C13H11NO6S2/c1-6-2-3-7(20-6)4-9-11(17)14(13(21)22-9)8(12(18)19)5-10(15)16/h2-4,8H,5H2,1H3,(H,15,16)(H,18,19)/b9-4-/t8-/m1/s1. The van der Waals surface area contributed by atoms with E-state index in [1.807, 2.05) is 0 Å². The summed E-state index contributed by atoms with van der Waals surface area (Å²) in [5.74, 6) is -2.29. The summed E-state index contributed by atoms with van der Waals surface area (Å²) in [6.07, 6.45) is 0.723. The molecule has 1 saturated heterocycles. The van der Waals surface area contributed by atoms with Gasteiger partial charge in [0, 0.05) is 6.08 Å². The number of nitrogens with zero attached hydrogens (tertiary/aromatic N) is 1. The van der Waals surface area contributed by atoms with Gasteiger partial charge in [0.15, 0.2) is 0 Å². The first kappa shape index (κ1) is 16.2. The number of carbonyl (C=O) groups is 3. The Bertz CT molecular complexity index is 692. The minimum Gasteiger partial charge on any atom is -0.481 e. The number of carboxylic acid groups (broad SMARTS) is 2. The van der Waals surface area contributed by atoms with Crippen LogP contribution in [0.15, 0.2) is 21.5 Å². The van der Waals surface area contributed by atoms with Gasteiger partial charge in [-0.2, -0.15) is 0 Å². The first-order valence-electron chi connectivity index (χ1n) is 6.07. The van der Waals surface area contributed by atoms with Gasteiger partial charge in [-0.15, -0.1) is 0 Å². The molecule has 0 aromatic carbocycles. The summed E-state index contributed by atoms with van der Waals surface area (Å²) in [7, 11) is 0. The first-order valence-corrected chi connectivity index (χ1v) is 7.30. The van der Waals surface area contributed by atoms with Crippen LogP contribution in [0.1, 0.15) is 17.9 Å². The average Bonchev–Trinajstić information content (AvgIpc) is 2.92. The van der Waals surface area contributed by atoms with Crippen LogP contribution in [-0.2, 0) is 14.4 Å². The van der Waals surface area contributed by atoms with Crippen molar-refractivity contribution < 1.29 is 29.0 Å². The molecule has 0 spiro atoms. The second kappa shape index (κ2) is 6.32. The number of thiocarbonyl (C=S) groups is 1. The van der Waals surface area contributed by atoms with Gasteiger partial charge in [0.05, 0.1) is 11.3 Å². The van der Waals surface area contributed by atoms with E-state index < -0.39 is 30.3 Å². The molecule has 7 nitrogen and oxygen atoms in total. The third-order valence-electron chi connectivity index (χ3n) is 2.82. The number of hydrogen-bond acceptors (Lipinski definition) is 6. The van der Waals surface area contributed by atoms with Gasteiger partial charge in [-0.3, -0.25) is 14.5 Å². The van der Waals surface area contributed by atoms with Gasteiger partial charge in [-0.1, -0.05) is 24.0 Å². The van der Waals surface area contributed by atoms with Crippen LogP contribution in [0.5, 0.6) is 0 Å². The van der Waals surface area contributed by atoms with Gasteiger partial charge < -0.3 is 14.6 Å². The summed E-state index contributed by atoms with van der Waals surface area (Å²) in [5.41, 5.74) is 0. The zero-order valence-electron chi connectivity index (χ0n) is 11.3. The van der Waals surface area contributed by atoms with Crippen molar-refractivity contribution in [3.8, 4) is 0 Å². The number of furan rings is 1. The van der Waals surface area contributed by atoms with Crippen LogP contribution in [0, 0.1) is 6.92 Å². The van der Waals surface area contributed by atoms with Crippen molar-refractivity contribution in [1.29, 1.82) is 0 Å². The lowest BCUT2D eigenvalue weighted by Crippen LogP contribution is -2.45. The van der Waals surface area contributed by atoms with Crippen molar-refractivity contribution in [3.63, 3.8) is 0 Å². The van der Waals surface area contributed by atoms with E-state index in [9.17, 15) is 14.4 Å². The molecule has 1 amide bonds. The molecule has 22 heavy (non-hydrogen) atoms. The maximum atomic E-state index is 12.3. The molecule has 0 bridgehead atoms. The molecular weight excluding hydrogens is 330 g/mol. The largest absolute Gasteiger partial charge is 0.481 e. The predicted molar refractivity (Wildman–Crippen MR) is 82.1 cm³/mol. The molecule has 0 saturated carbocycles. The fourth-order valence-corrected chi connectivity index (χ4v) is 3.20. The SMILES string of the molecule is Cc1ccc(/C=C2\SC(=S)N([C@H](CC(=O)O)C(=O)O)C2=O)o1. The molecule has 2 heterocycles. The van der Waals surface area contributed by atoms with Crippen molar-refractivity contribution in [1.82, 2.24) is 4.90 Å². The molecule has 0 unspecified atom stereocenters. The van der Waals surface area contributed by atoms with E-state index in [4.69, 9.17) is 26.8 Å². The minimum atomic E-state index is -1.53. The summed E-state index contributed by atoms with van der Waals surface area (Å²) in [4.78, 5) is 35.3. The van der Waals surface area contributed by atoms with Crippen molar-refractivity contribution >= 4 is 52.2 Å². The van der Waals surface area contributed by atoms with E-state index in [2.05, 4.69) is 0 Å². The van der Waals surface area contributed by atoms with E-state index in [-0.39, 0.29) is 9.23 Å². The lowest BCUT2D eigenvalue weighted by Gasteiger charge is -2.21. The van der Waals surface area contributed by atoms with E-state index in [0.29, 0.717) is 11.5 Å². The Labute approximate surface area is 134 Å². The lowest BCUT2D eigenvalue weighted by molar-refractivity contribution is -0.150. The fourth-order valence-electron chi connectivity index (χ4n) is 1.86. The Morgan fingerprint density at radius 2 is 2.14 bits per heavy atom. The van der Waals surface area contributed by atoms with Crippen LogP contribution in [0.25, 0.3) is 6.08 Å². The molecular formula is C13H11NO6S2. The van der Waals surface area contributed by atoms with Gasteiger partial charge in [0.1, 0.15) is 21.9 Å². The van der Waals surface area contributed by atoms with Crippen LogP contribution in [0.3, 0.4) is 0 Å². The number of rotatable bonds is 5. The van der Waals surface area contributed by atoms with Crippen molar-refractivity contribution in [2.24, 2.45) is 0 Å². The van der Waals surface area contributed by atoms with Crippen LogP contribution in [0.4, 0.5) is 0 Å². The zero-order valence-corrected chi connectivity index (χ0v) is 12.9. The molecule has 2 rings (SSSR count). The second-order valence-electron chi connectivity index (χ2n) is 4.45. The number of hydrogen-bond donors (Lipinski definition) is 2. The highest BCUT2D eigenvalue weighted by atomic mass is 32.2. The molecule has 2 N–H and O–H groups in total. The van der Waals surface area contributed by atoms with Gasteiger partial charge in [-0.25, -0.2) is 4.79 Å². The molecule has 1 atom stereocenters. The predicted octanol–water partition coefficient (Wildman–Crippen LogP) is 1.72. The summed E-state index contributed by atoms with van der Waals surface area (Å²) in [6.45, 7) is 1.75.